The van der Waals surface area contributed by atoms with Crippen molar-refractivity contribution in [3.63, 3.8) is 0 Å². The lowest BCUT2D eigenvalue weighted by atomic mass is 9.92. The number of carbonyl (C=O) groups excluding carboxylic acids is 1. The lowest BCUT2D eigenvalue weighted by molar-refractivity contribution is -0.138. The van der Waals surface area contributed by atoms with E-state index >= 15 is 0 Å². The molecule has 0 fully saturated rings. The third-order valence-corrected chi connectivity index (χ3v) is 3.99. The fraction of sp³-hybridized carbons (Fsp3) is 0.529. The summed E-state index contributed by atoms with van der Waals surface area (Å²) >= 11 is 0. The average molecular weight is 305 g/mol. The van der Waals surface area contributed by atoms with Crippen molar-refractivity contribution in [2.75, 3.05) is 20.2 Å². The van der Waals surface area contributed by atoms with Crippen LogP contribution in [0.4, 0.5) is 0 Å². The van der Waals surface area contributed by atoms with Gasteiger partial charge < -0.3 is 14.7 Å². The SMILES string of the molecule is CN(CCCC(=O)O)C(=O)COc1ccc2c(c1)CCCC2. The molecule has 0 heterocycles. The number of hydrogen-bond acceptors (Lipinski definition) is 3. The summed E-state index contributed by atoms with van der Waals surface area (Å²) in [7, 11) is 1.67. The Kier molecular flexibility index (Phi) is 5.81. The molecule has 1 amide bonds. The van der Waals surface area contributed by atoms with Crippen LogP contribution >= 0.6 is 0 Å². The van der Waals surface area contributed by atoms with Crippen LogP contribution in [0.25, 0.3) is 0 Å². The van der Waals surface area contributed by atoms with E-state index < -0.39 is 5.97 Å². The zero-order valence-electron chi connectivity index (χ0n) is 13.0. The van der Waals surface area contributed by atoms with Crippen LogP contribution < -0.4 is 4.74 Å². The molecule has 0 unspecified atom stereocenters. The van der Waals surface area contributed by atoms with E-state index in [1.54, 1.807) is 7.05 Å². The van der Waals surface area contributed by atoms with Gasteiger partial charge in [-0.05, 0) is 55.4 Å². The molecule has 0 spiro atoms. The van der Waals surface area contributed by atoms with E-state index in [1.807, 2.05) is 12.1 Å². The quantitative estimate of drug-likeness (QED) is 0.839. The van der Waals surface area contributed by atoms with E-state index in [2.05, 4.69) is 6.07 Å². The number of ether oxygens (including phenoxy) is 1. The number of hydrogen-bond donors (Lipinski definition) is 1. The number of fused-ring (bicyclic) bond motifs is 1. The molecule has 0 aromatic heterocycles. The van der Waals surface area contributed by atoms with Crippen LogP contribution in [0.1, 0.15) is 36.8 Å². The molecule has 0 atom stereocenters. The number of rotatable bonds is 7. The Morgan fingerprint density at radius 1 is 1.23 bits per heavy atom. The van der Waals surface area contributed by atoms with Crippen LogP contribution in [0.5, 0.6) is 5.75 Å². The van der Waals surface area contributed by atoms with Gasteiger partial charge in [0.15, 0.2) is 6.61 Å². The van der Waals surface area contributed by atoms with E-state index in [0.717, 1.165) is 18.6 Å². The van der Waals surface area contributed by atoms with Gasteiger partial charge in [-0.15, -0.1) is 0 Å². The highest BCUT2D eigenvalue weighted by atomic mass is 16.5. The molecule has 0 aliphatic heterocycles. The standard InChI is InChI=1S/C17H23NO4/c1-18(10-4-7-17(20)21)16(19)12-22-15-9-8-13-5-2-3-6-14(13)11-15/h8-9,11H,2-7,10,12H2,1H3,(H,20,21). The van der Waals surface area contributed by atoms with Crippen molar-refractivity contribution in [3.8, 4) is 5.75 Å². The van der Waals surface area contributed by atoms with Crippen molar-refractivity contribution in [1.29, 1.82) is 0 Å². The van der Waals surface area contributed by atoms with Crippen molar-refractivity contribution in [3.05, 3.63) is 29.3 Å². The van der Waals surface area contributed by atoms with Crippen molar-refractivity contribution in [1.82, 2.24) is 4.90 Å². The van der Waals surface area contributed by atoms with Crippen molar-refractivity contribution in [2.45, 2.75) is 38.5 Å². The molecule has 0 saturated heterocycles. The summed E-state index contributed by atoms with van der Waals surface area (Å²) < 4.78 is 5.57. The molecule has 5 heteroatoms. The first-order valence-electron chi connectivity index (χ1n) is 7.76. The number of carboxylic acid groups (broad SMARTS) is 1. The molecular formula is C17H23NO4. The van der Waals surface area contributed by atoms with Gasteiger partial charge in [0.2, 0.25) is 0 Å². The molecule has 0 saturated carbocycles. The first kappa shape index (κ1) is 16.3. The van der Waals surface area contributed by atoms with E-state index in [4.69, 9.17) is 9.84 Å². The number of carbonyl (C=O) groups is 2. The van der Waals surface area contributed by atoms with Gasteiger partial charge in [0.05, 0.1) is 0 Å². The Bertz CT molecular complexity index is 541. The van der Waals surface area contributed by atoms with Gasteiger partial charge in [-0.1, -0.05) is 6.07 Å². The van der Waals surface area contributed by atoms with E-state index in [9.17, 15) is 9.59 Å². The largest absolute Gasteiger partial charge is 0.484 e. The van der Waals surface area contributed by atoms with Gasteiger partial charge in [-0.3, -0.25) is 9.59 Å². The molecular weight excluding hydrogens is 282 g/mol. The Morgan fingerprint density at radius 3 is 2.68 bits per heavy atom. The number of carboxylic acids is 1. The van der Waals surface area contributed by atoms with Crippen molar-refractivity contribution >= 4 is 11.9 Å². The average Bonchev–Trinajstić information content (AvgIpc) is 2.51. The predicted molar refractivity (Wildman–Crippen MR) is 83.1 cm³/mol. The molecule has 1 aliphatic rings. The second-order valence-electron chi connectivity index (χ2n) is 5.74. The highest BCUT2D eigenvalue weighted by molar-refractivity contribution is 5.77. The Morgan fingerprint density at radius 2 is 1.95 bits per heavy atom. The Hall–Kier alpha value is -2.04. The van der Waals surface area contributed by atoms with E-state index in [0.29, 0.717) is 13.0 Å². The highest BCUT2D eigenvalue weighted by Gasteiger charge is 2.12. The Balaban J connectivity index is 1.79. The number of amides is 1. The van der Waals surface area contributed by atoms with Gasteiger partial charge in [-0.2, -0.15) is 0 Å². The first-order valence-corrected chi connectivity index (χ1v) is 7.76. The summed E-state index contributed by atoms with van der Waals surface area (Å²) in [6, 6.07) is 6.04. The molecule has 5 nitrogen and oxygen atoms in total. The van der Waals surface area contributed by atoms with Crippen LogP contribution in [0.2, 0.25) is 0 Å². The monoisotopic (exact) mass is 305 g/mol. The highest BCUT2D eigenvalue weighted by Crippen LogP contribution is 2.25. The molecule has 1 aliphatic carbocycles. The number of aliphatic carboxylic acids is 1. The van der Waals surface area contributed by atoms with E-state index in [-0.39, 0.29) is 18.9 Å². The van der Waals surface area contributed by atoms with Crippen LogP contribution in [0.15, 0.2) is 18.2 Å². The molecule has 1 N–H and O–H groups in total. The maximum Gasteiger partial charge on any atom is 0.303 e. The van der Waals surface area contributed by atoms with E-state index in [1.165, 1.54) is 28.9 Å². The first-order chi connectivity index (χ1) is 10.6. The minimum Gasteiger partial charge on any atom is -0.484 e. The number of benzene rings is 1. The molecule has 1 aromatic rings. The minimum absolute atomic E-state index is 0.0115. The van der Waals surface area contributed by atoms with Gasteiger partial charge in [0.25, 0.3) is 5.91 Å². The minimum atomic E-state index is -0.842. The maximum absolute atomic E-state index is 11.9. The molecule has 1 aromatic carbocycles. The number of aryl methyl sites for hydroxylation is 2. The third-order valence-electron chi connectivity index (χ3n) is 3.99. The zero-order valence-corrected chi connectivity index (χ0v) is 13.0. The molecule has 22 heavy (non-hydrogen) atoms. The molecule has 0 radical (unpaired) electrons. The van der Waals surface area contributed by atoms with Gasteiger partial charge in [-0.25, -0.2) is 0 Å². The smallest absolute Gasteiger partial charge is 0.303 e. The van der Waals surface area contributed by atoms with Gasteiger partial charge in [0, 0.05) is 20.0 Å². The fourth-order valence-corrected chi connectivity index (χ4v) is 2.65. The third kappa shape index (κ3) is 4.76. The van der Waals surface area contributed by atoms with Crippen LogP contribution in [-0.2, 0) is 22.4 Å². The van der Waals surface area contributed by atoms with Crippen molar-refractivity contribution < 1.29 is 19.4 Å². The second kappa shape index (κ2) is 7.82. The summed E-state index contributed by atoms with van der Waals surface area (Å²) in [5, 5.41) is 8.59. The zero-order chi connectivity index (χ0) is 15.9. The van der Waals surface area contributed by atoms with Crippen LogP contribution in [0.3, 0.4) is 0 Å². The second-order valence-corrected chi connectivity index (χ2v) is 5.74. The fourth-order valence-electron chi connectivity index (χ4n) is 2.65. The predicted octanol–water partition coefficient (Wildman–Crippen LogP) is 2.27. The van der Waals surface area contributed by atoms with Gasteiger partial charge in [0.1, 0.15) is 5.75 Å². The summed E-state index contributed by atoms with van der Waals surface area (Å²) in [4.78, 5) is 23.9. The molecule has 120 valence electrons. The topological polar surface area (TPSA) is 66.8 Å². The maximum atomic E-state index is 11.9. The van der Waals surface area contributed by atoms with Gasteiger partial charge >= 0.3 is 5.97 Å². The Labute approximate surface area is 130 Å². The molecule has 2 rings (SSSR count). The normalized spacial score (nSPS) is 13.3. The number of nitrogens with zero attached hydrogens (tertiary/aromatic N) is 1. The lowest BCUT2D eigenvalue weighted by Gasteiger charge is -2.19. The van der Waals surface area contributed by atoms with Crippen molar-refractivity contribution in [2.24, 2.45) is 0 Å². The lowest BCUT2D eigenvalue weighted by Crippen LogP contribution is -2.32. The van der Waals surface area contributed by atoms with Crippen LogP contribution in [0, 0.1) is 0 Å². The summed E-state index contributed by atoms with van der Waals surface area (Å²) in [5.74, 6) is -0.248. The summed E-state index contributed by atoms with van der Waals surface area (Å²) in [6.07, 6.45) is 5.19. The number of likely N-dealkylation sites (N-methyl/N-ethyl adjacent to an activating group) is 1. The summed E-state index contributed by atoms with van der Waals surface area (Å²) in [5.41, 5.74) is 2.71. The van der Waals surface area contributed by atoms with Crippen LogP contribution in [-0.4, -0.2) is 42.1 Å². The molecule has 0 bridgehead atoms. The summed E-state index contributed by atoms with van der Waals surface area (Å²) in [6.45, 7) is 0.418.